The number of rotatable bonds is 0. The zero-order valence-electron chi connectivity index (χ0n) is 5.15. The van der Waals surface area contributed by atoms with E-state index in [4.69, 9.17) is 0 Å². The normalized spacial score (nSPS) is 6.75. The molecule has 0 aliphatic rings. The molecule has 0 rings (SSSR count). The van der Waals surface area contributed by atoms with Gasteiger partial charge in [0.15, 0.2) is 0 Å². The quantitative estimate of drug-likeness (QED) is 0.409. The van der Waals surface area contributed by atoms with Crippen molar-refractivity contribution >= 4 is 0 Å². The first-order chi connectivity index (χ1) is 3.91. The Hall–Kier alpha value is -1.14. The van der Waals surface area contributed by atoms with Crippen LogP contribution in [-0.4, -0.2) is 0 Å². The molecule has 8 heavy (non-hydrogen) atoms. The summed E-state index contributed by atoms with van der Waals surface area (Å²) >= 11 is 0. The zero-order valence-corrected chi connectivity index (χ0v) is 5.15. The minimum atomic E-state index is 1.73. The van der Waals surface area contributed by atoms with Gasteiger partial charge in [0.1, 0.15) is 0 Å². The van der Waals surface area contributed by atoms with Gasteiger partial charge in [-0.25, -0.2) is 0 Å². The maximum atomic E-state index is 2.75. The predicted molar refractivity (Wildman–Crippen MR) is 36.0 cm³/mol. The van der Waals surface area contributed by atoms with E-state index >= 15 is 0 Å². The molecule has 0 heteroatoms. The minimum absolute atomic E-state index is 1.73. The lowest BCUT2D eigenvalue weighted by atomic mass is 10.5. The fraction of sp³-hybridized carbons (Fsp3) is 0.250. The zero-order chi connectivity index (χ0) is 6.24. The second kappa shape index (κ2) is 5.86. The summed E-state index contributed by atoms with van der Waals surface area (Å²) in [4.78, 5) is 0. The van der Waals surface area contributed by atoms with Crippen molar-refractivity contribution in [2.45, 2.75) is 13.8 Å². The summed E-state index contributed by atoms with van der Waals surface area (Å²) < 4.78 is 0. The number of hydrogen-bond acceptors (Lipinski definition) is 0. The molecule has 0 aliphatic heterocycles. The molecule has 0 nitrogen and oxygen atoms in total. The van der Waals surface area contributed by atoms with Gasteiger partial charge >= 0.3 is 0 Å². The predicted octanol–water partition coefficient (Wildman–Crippen LogP) is 1.59. The van der Waals surface area contributed by atoms with Crippen LogP contribution in [0.5, 0.6) is 0 Å². The van der Waals surface area contributed by atoms with Gasteiger partial charge in [0.2, 0.25) is 0 Å². The molecule has 0 saturated carbocycles. The van der Waals surface area contributed by atoms with Crippen LogP contribution in [-0.2, 0) is 0 Å². The van der Waals surface area contributed by atoms with Crippen LogP contribution in [0.4, 0.5) is 0 Å². The highest BCUT2D eigenvalue weighted by Gasteiger charge is 1.52. The van der Waals surface area contributed by atoms with E-state index in [1.54, 1.807) is 26.0 Å². The molecule has 0 heterocycles. The third-order valence-corrected chi connectivity index (χ3v) is 0.539. The van der Waals surface area contributed by atoms with Gasteiger partial charge in [-0.15, -0.1) is 11.8 Å². The molecule has 0 spiro atoms. The lowest BCUT2D eigenvalue weighted by Gasteiger charge is -1.59. The third kappa shape index (κ3) is 4.86. The summed E-state index contributed by atoms with van der Waals surface area (Å²) in [5.74, 6) is 10.9. The Morgan fingerprint density at radius 1 is 0.875 bits per heavy atom. The summed E-state index contributed by atoms with van der Waals surface area (Å²) in [6.07, 6.45) is 3.47. The first kappa shape index (κ1) is 6.86. The minimum Gasteiger partial charge on any atom is -0.102 e. The molecule has 0 atom stereocenters. The van der Waals surface area contributed by atoms with E-state index in [9.17, 15) is 0 Å². The highest BCUT2D eigenvalue weighted by molar-refractivity contribution is 5.23. The molecule has 0 aromatic heterocycles. The molecule has 0 aromatic carbocycles. The first-order valence-electron chi connectivity index (χ1n) is 2.41. The summed E-state index contributed by atoms with van der Waals surface area (Å²) in [6, 6.07) is 0. The maximum absolute atomic E-state index is 2.75. The van der Waals surface area contributed by atoms with Crippen LogP contribution >= 0.6 is 0 Å². The fourth-order valence-corrected chi connectivity index (χ4v) is 0.250. The van der Waals surface area contributed by atoms with Crippen LogP contribution in [0.15, 0.2) is 12.2 Å². The molecule has 0 aromatic rings. The topological polar surface area (TPSA) is 0 Å². The Morgan fingerprint density at radius 2 is 1.25 bits per heavy atom. The second-order valence-corrected chi connectivity index (χ2v) is 1.12. The molecule has 40 valence electrons. The van der Waals surface area contributed by atoms with Crippen LogP contribution < -0.4 is 0 Å². The Morgan fingerprint density at radius 3 is 1.50 bits per heavy atom. The average Bonchev–Trinajstić information content (AvgIpc) is 1.81. The van der Waals surface area contributed by atoms with Crippen molar-refractivity contribution in [3.63, 3.8) is 0 Å². The van der Waals surface area contributed by atoms with Gasteiger partial charge in [-0.05, 0) is 26.0 Å². The third-order valence-electron chi connectivity index (χ3n) is 0.539. The van der Waals surface area contributed by atoms with E-state index in [2.05, 4.69) is 23.7 Å². The Bertz CT molecular complexity index is 154. The van der Waals surface area contributed by atoms with Crippen LogP contribution in [0, 0.1) is 23.7 Å². The Kier molecular flexibility index (Phi) is 5.02. The highest BCUT2D eigenvalue weighted by atomic mass is 13.6. The van der Waals surface area contributed by atoms with E-state index in [-0.39, 0.29) is 0 Å². The highest BCUT2D eigenvalue weighted by Crippen LogP contribution is 1.64. The smallest absolute Gasteiger partial charge is 0.00235 e. The van der Waals surface area contributed by atoms with Gasteiger partial charge in [-0.1, -0.05) is 11.8 Å². The molecule has 0 amide bonds. The molecule has 0 saturated heterocycles. The molecule has 0 bridgehead atoms. The van der Waals surface area contributed by atoms with Crippen molar-refractivity contribution in [3.05, 3.63) is 12.2 Å². The summed E-state index contributed by atoms with van der Waals surface area (Å²) in [7, 11) is 0. The van der Waals surface area contributed by atoms with Gasteiger partial charge in [-0.2, -0.15) is 0 Å². The number of allylic oxidation sites excluding steroid dienone is 2. The lowest BCUT2D eigenvalue weighted by Crippen LogP contribution is -1.47. The monoisotopic (exact) mass is 104 g/mol. The SMILES string of the molecule is CC#C/C=C/C#CC. The molecular formula is C8H8. The van der Waals surface area contributed by atoms with E-state index in [1.807, 2.05) is 0 Å². The largest absolute Gasteiger partial charge is 0.102 e. The second-order valence-electron chi connectivity index (χ2n) is 1.12. The van der Waals surface area contributed by atoms with Gasteiger partial charge < -0.3 is 0 Å². The van der Waals surface area contributed by atoms with Crippen LogP contribution in [0.1, 0.15) is 13.8 Å². The Labute approximate surface area is 50.6 Å². The van der Waals surface area contributed by atoms with E-state index < -0.39 is 0 Å². The number of hydrogen-bond donors (Lipinski definition) is 0. The summed E-state index contributed by atoms with van der Waals surface area (Å²) in [6.45, 7) is 3.59. The van der Waals surface area contributed by atoms with Gasteiger partial charge in [0, 0.05) is 0 Å². The maximum Gasteiger partial charge on any atom is -0.00235 e. The first-order valence-corrected chi connectivity index (χ1v) is 2.41. The molecule has 0 fully saturated rings. The molecular weight excluding hydrogens is 96.1 g/mol. The van der Waals surface area contributed by atoms with E-state index in [0.29, 0.717) is 0 Å². The lowest BCUT2D eigenvalue weighted by molar-refractivity contribution is 1.89. The van der Waals surface area contributed by atoms with Crippen molar-refractivity contribution in [3.8, 4) is 23.7 Å². The van der Waals surface area contributed by atoms with Crippen LogP contribution in [0.25, 0.3) is 0 Å². The van der Waals surface area contributed by atoms with E-state index in [0.717, 1.165) is 0 Å². The van der Waals surface area contributed by atoms with Crippen LogP contribution in [0.3, 0.4) is 0 Å². The molecule has 0 unspecified atom stereocenters. The van der Waals surface area contributed by atoms with Crippen LogP contribution in [0.2, 0.25) is 0 Å². The fourth-order valence-electron chi connectivity index (χ4n) is 0.250. The molecule has 0 N–H and O–H groups in total. The standard InChI is InChI=1S/C8H8/c1-3-5-7-8-6-4-2/h7-8H,1-2H3/b8-7+. The molecule has 0 radical (unpaired) electrons. The molecule has 0 aliphatic carbocycles. The van der Waals surface area contributed by atoms with Gasteiger partial charge in [0.05, 0.1) is 0 Å². The van der Waals surface area contributed by atoms with Crippen molar-refractivity contribution < 1.29 is 0 Å². The average molecular weight is 104 g/mol. The Balaban J connectivity index is 3.56. The summed E-state index contributed by atoms with van der Waals surface area (Å²) in [5, 5.41) is 0. The van der Waals surface area contributed by atoms with Crippen molar-refractivity contribution in [1.29, 1.82) is 0 Å². The van der Waals surface area contributed by atoms with Gasteiger partial charge in [-0.3, -0.25) is 0 Å². The van der Waals surface area contributed by atoms with E-state index in [1.165, 1.54) is 0 Å². The summed E-state index contributed by atoms with van der Waals surface area (Å²) in [5.41, 5.74) is 0. The van der Waals surface area contributed by atoms with Gasteiger partial charge in [0.25, 0.3) is 0 Å². The van der Waals surface area contributed by atoms with Crippen molar-refractivity contribution in [1.82, 2.24) is 0 Å². The van der Waals surface area contributed by atoms with Crippen molar-refractivity contribution in [2.75, 3.05) is 0 Å². The van der Waals surface area contributed by atoms with Crippen molar-refractivity contribution in [2.24, 2.45) is 0 Å².